The molecule has 4 heteroatoms. The Bertz CT molecular complexity index is 459. The summed E-state index contributed by atoms with van der Waals surface area (Å²) >= 11 is 11.8. The van der Waals surface area contributed by atoms with Gasteiger partial charge in [-0.25, -0.2) is 4.39 Å². The van der Waals surface area contributed by atoms with Crippen LogP contribution in [0.1, 0.15) is 38.8 Å². The average molecular weight is 290 g/mol. The fourth-order valence-corrected chi connectivity index (χ4v) is 2.77. The zero-order valence-corrected chi connectivity index (χ0v) is 12.4. The zero-order chi connectivity index (χ0) is 13.5. The van der Waals surface area contributed by atoms with E-state index in [2.05, 4.69) is 19.2 Å². The molecule has 0 spiro atoms. The Morgan fingerprint density at radius 2 is 2.00 bits per heavy atom. The molecule has 1 fully saturated rings. The molecule has 100 valence electrons. The summed E-state index contributed by atoms with van der Waals surface area (Å²) in [6.45, 7) is 7.45. The van der Waals surface area contributed by atoms with E-state index in [1.807, 2.05) is 6.92 Å². The van der Waals surface area contributed by atoms with Crippen LogP contribution in [0.5, 0.6) is 0 Å². The van der Waals surface area contributed by atoms with Crippen molar-refractivity contribution in [2.24, 2.45) is 11.3 Å². The first-order valence-electron chi connectivity index (χ1n) is 6.19. The van der Waals surface area contributed by atoms with Gasteiger partial charge in [-0.15, -0.1) is 0 Å². The quantitative estimate of drug-likeness (QED) is 0.783. The molecule has 1 saturated carbocycles. The van der Waals surface area contributed by atoms with Crippen molar-refractivity contribution in [1.82, 2.24) is 5.32 Å². The van der Waals surface area contributed by atoms with Crippen LogP contribution in [0.25, 0.3) is 0 Å². The molecule has 1 nitrogen and oxygen atoms in total. The van der Waals surface area contributed by atoms with Crippen molar-refractivity contribution in [2.45, 2.75) is 33.2 Å². The normalized spacial score (nSPS) is 22.9. The van der Waals surface area contributed by atoms with Gasteiger partial charge in [0, 0.05) is 11.1 Å². The van der Waals surface area contributed by atoms with Gasteiger partial charge in [-0.05, 0) is 48.9 Å². The number of rotatable bonds is 4. The molecule has 1 aromatic rings. The second kappa shape index (κ2) is 4.99. The van der Waals surface area contributed by atoms with Crippen molar-refractivity contribution in [3.05, 3.63) is 33.6 Å². The second-order valence-corrected chi connectivity index (χ2v) is 6.62. The summed E-state index contributed by atoms with van der Waals surface area (Å²) in [5, 5.41) is 3.99. The van der Waals surface area contributed by atoms with E-state index in [1.54, 1.807) is 0 Å². The largest absolute Gasteiger partial charge is 0.310 e. The molecular formula is C14H18Cl2FN. The number of halogens is 3. The molecule has 2 rings (SSSR count). The van der Waals surface area contributed by atoms with Crippen molar-refractivity contribution < 1.29 is 4.39 Å². The van der Waals surface area contributed by atoms with Gasteiger partial charge in [0.2, 0.25) is 0 Å². The molecule has 1 aliphatic rings. The fraction of sp³-hybridized carbons (Fsp3) is 0.571. The Morgan fingerprint density at radius 1 is 1.39 bits per heavy atom. The first-order valence-corrected chi connectivity index (χ1v) is 6.94. The van der Waals surface area contributed by atoms with Crippen molar-refractivity contribution in [2.75, 3.05) is 6.54 Å². The number of nitrogens with one attached hydrogen (secondary N) is 1. The molecule has 1 aromatic carbocycles. The Hall–Kier alpha value is -0.310. The summed E-state index contributed by atoms with van der Waals surface area (Å²) in [5.41, 5.74) is 1.21. The molecular weight excluding hydrogens is 272 g/mol. The van der Waals surface area contributed by atoms with Gasteiger partial charge in [0.25, 0.3) is 0 Å². The summed E-state index contributed by atoms with van der Waals surface area (Å²) in [4.78, 5) is 0. The van der Waals surface area contributed by atoms with Crippen molar-refractivity contribution in [1.29, 1.82) is 0 Å². The minimum Gasteiger partial charge on any atom is -0.310 e. The van der Waals surface area contributed by atoms with E-state index in [1.165, 1.54) is 18.6 Å². The average Bonchev–Trinajstić information content (AvgIpc) is 2.88. The van der Waals surface area contributed by atoms with Crippen LogP contribution in [0.15, 0.2) is 12.1 Å². The van der Waals surface area contributed by atoms with E-state index in [0.29, 0.717) is 16.4 Å². The molecule has 2 atom stereocenters. The molecule has 0 aromatic heterocycles. The van der Waals surface area contributed by atoms with E-state index >= 15 is 0 Å². The van der Waals surface area contributed by atoms with Crippen molar-refractivity contribution in [3.63, 3.8) is 0 Å². The summed E-state index contributed by atoms with van der Waals surface area (Å²) in [6.07, 6.45) is 1.25. The van der Waals surface area contributed by atoms with Crippen molar-refractivity contribution in [3.8, 4) is 0 Å². The minimum atomic E-state index is -0.420. The highest BCUT2D eigenvalue weighted by Crippen LogP contribution is 2.51. The van der Waals surface area contributed by atoms with Gasteiger partial charge in [0.15, 0.2) is 0 Å². The maximum atomic E-state index is 13.4. The highest BCUT2D eigenvalue weighted by molar-refractivity contribution is 6.35. The first-order chi connectivity index (χ1) is 8.31. The maximum Gasteiger partial charge on any atom is 0.142 e. The van der Waals surface area contributed by atoms with Gasteiger partial charge in [0.1, 0.15) is 5.82 Å². The third-order valence-electron chi connectivity index (χ3n) is 3.89. The fourth-order valence-electron chi connectivity index (χ4n) is 2.22. The lowest BCUT2D eigenvalue weighted by molar-refractivity contribution is 0.483. The van der Waals surface area contributed by atoms with Crippen LogP contribution >= 0.6 is 23.2 Å². The highest BCUT2D eigenvalue weighted by Gasteiger charge is 2.44. The highest BCUT2D eigenvalue weighted by atomic mass is 35.5. The van der Waals surface area contributed by atoms with Crippen LogP contribution in [0.3, 0.4) is 0 Å². The van der Waals surface area contributed by atoms with E-state index in [0.717, 1.165) is 12.1 Å². The summed E-state index contributed by atoms with van der Waals surface area (Å²) in [5.74, 6) is 0.285. The summed E-state index contributed by atoms with van der Waals surface area (Å²) in [6, 6.07) is 2.91. The number of hydrogen-bond donors (Lipinski definition) is 1. The summed E-state index contributed by atoms with van der Waals surface area (Å²) in [7, 11) is 0. The van der Waals surface area contributed by atoms with Crippen LogP contribution in [-0.2, 0) is 0 Å². The predicted molar refractivity (Wildman–Crippen MR) is 74.7 cm³/mol. The minimum absolute atomic E-state index is 0.0284. The van der Waals surface area contributed by atoms with Gasteiger partial charge < -0.3 is 5.32 Å². The Kier molecular flexibility index (Phi) is 3.91. The zero-order valence-electron chi connectivity index (χ0n) is 10.9. The third kappa shape index (κ3) is 2.98. The number of hydrogen-bond acceptors (Lipinski definition) is 1. The van der Waals surface area contributed by atoms with Gasteiger partial charge >= 0.3 is 0 Å². The monoisotopic (exact) mass is 289 g/mol. The Labute approximate surface area is 118 Å². The van der Waals surface area contributed by atoms with Gasteiger partial charge in [-0.2, -0.15) is 0 Å². The standard InChI is InChI=1S/C14H18Cl2FN/c1-8(18-7-9-6-14(9,2)3)10-4-13(17)12(16)5-11(10)15/h4-5,8-9,18H,6-7H2,1-3H3. The molecule has 1 aliphatic carbocycles. The molecule has 18 heavy (non-hydrogen) atoms. The molecule has 0 amide bonds. The SMILES string of the molecule is CC(NCC1CC1(C)C)c1cc(F)c(Cl)cc1Cl. The van der Waals surface area contributed by atoms with E-state index in [9.17, 15) is 4.39 Å². The van der Waals surface area contributed by atoms with Crippen LogP contribution in [0.2, 0.25) is 10.0 Å². The number of benzene rings is 1. The molecule has 0 radical (unpaired) electrons. The van der Waals surface area contributed by atoms with Crippen LogP contribution in [0, 0.1) is 17.2 Å². The maximum absolute atomic E-state index is 13.4. The van der Waals surface area contributed by atoms with Gasteiger partial charge in [0.05, 0.1) is 5.02 Å². The van der Waals surface area contributed by atoms with Gasteiger partial charge in [-0.3, -0.25) is 0 Å². The third-order valence-corrected chi connectivity index (χ3v) is 4.51. The Balaban J connectivity index is 2.00. The molecule has 0 bridgehead atoms. The topological polar surface area (TPSA) is 12.0 Å². The predicted octanol–water partition coefficient (Wildman–Crippen LogP) is 4.83. The smallest absolute Gasteiger partial charge is 0.142 e. The molecule has 0 saturated heterocycles. The van der Waals surface area contributed by atoms with Gasteiger partial charge in [-0.1, -0.05) is 37.0 Å². The molecule has 2 unspecified atom stereocenters. The molecule has 1 N–H and O–H groups in total. The first kappa shape index (κ1) is 14.1. The van der Waals surface area contributed by atoms with Crippen LogP contribution < -0.4 is 5.32 Å². The van der Waals surface area contributed by atoms with E-state index in [-0.39, 0.29) is 11.1 Å². The van der Waals surface area contributed by atoms with Crippen LogP contribution in [0.4, 0.5) is 4.39 Å². The second-order valence-electron chi connectivity index (χ2n) is 5.81. The molecule has 0 heterocycles. The Morgan fingerprint density at radius 3 is 2.56 bits per heavy atom. The lowest BCUT2D eigenvalue weighted by Gasteiger charge is -2.17. The summed E-state index contributed by atoms with van der Waals surface area (Å²) < 4.78 is 13.4. The lowest BCUT2D eigenvalue weighted by Crippen LogP contribution is -2.22. The van der Waals surface area contributed by atoms with E-state index in [4.69, 9.17) is 23.2 Å². The van der Waals surface area contributed by atoms with E-state index < -0.39 is 5.82 Å². The van der Waals surface area contributed by atoms with Crippen molar-refractivity contribution >= 4 is 23.2 Å². The lowest BCUT2D eigenvalue weighted by atomic mass is 10.1. The van der Waals surface area contributed by atoms with Crippen LogP contribution in [-0.4, -0.2) is 6.54 Å². The molecule has 0 aliphatic heterocycles.